The van der Waals surface area contributed by atoms with Gasteiger partial charge in [-0.2, -0.15) is 8.78 Å². The Hall–Kier alpha value is -2.05. The van der Waals surface area contributed by atoms with E-state index in [-0.39, 0.29) is 16.8 Å². The van der Waals surface area contributed by atoms with Gasteiger partial charge in [0.2, 0.25) is 0 Å². The number of halogens is 2. The Labute approximate surface area is 95.2 Å². The summed E-state index contributed by atoms with van der Waals surface area (Å²) in [6.07, 6.45) is 0. The van der Waals surface area contributed by atoms with E-state index in [4.69, 9.17) is 0 Å². The van der Waals surface area contributed by atoms with Gasteiger partial charge in [0.15, 0.2) is 5.78 Å². The fraction of sp³-hybridized carbons (Fsp3) is 0.300. The predicted octanol–water partition coefficient (Wildman–Crippen LogP) is 2.71. The number of alkyl halides is 2. The average Bonchev–Trinajstić information content (AvgIpc) is 2.19. The van der Waals surface area contributed by atoms with E-state index in [0.29, 0.717) is 0 Å². The highest BCUT2D eigenvalue weighted by Gasteiger charge is 2.22. The molecular weight excluding hydrogens is 236 g/mol. The molecule has 0 aliphatic heterocycles. The van der Waals surface area contributed by atoms with Gasteiger partial charge in [-0.05, 0) is 19.9 Å². The molecule has 0 aromatic heterocycles. The number of benzene rings is 1. The molecule has 0 atom stereocenters. The second-order valence-electron chi connectivity index (χ2n) is 3.28. The number of rotatable bonds is 4. The van der Waals surface area contributed by atoms with Crippen LogP contribution in [0.5, 0.6) is 5.75 Å². The van der Waals surface area contributed by atoms with Crippen LogP contribution >= 0.6 is 0 Å². The lowest BCUT2D eigenvalue weighted by Crippen LogP contribution is -2.09. The Morgan fingerprint density at radius 1 is 1.47 bits per heavy atom. The van der Waals surface area contributed by atoms with Gasteiger partial charge >= 0.3 is 6.61 Å². The van der Waals surface area contributed by atoms with E-state index in [1.807, 2.05) is 0 Å². The topological polar surface area (TPSA) is 69.4 Å². The van der Waals surface area contributed by atoms with Gasteiger partial charge in [-0.3, -0.25) is 14.9 Å². The monoisotopic (exact) mass is 245 g/mol. The average molecular weight is 245 g/mol. The van der Waals surface area contributed by atoms with Gasteiger partial charge in [-0.1, -0.05) is 0 Å². The lowest BCUT2D eigenvalue weighted by molar-refractivity contribution is -0.385. The highest BCUT2D eigenvalue weighted by molar-refractivity contribution is 5.97. The molecule has 0 aliphatic rings. The van der Waals surface area contributed by atoms with E-state index in [0.717, 1.165) is 12.1 Å². The highest BCUT2D eigenvalue weighted by atomic mass is 19.3. The molecule has 92 valence electrons. The van der Waals surface area contributed by atoms with Crippen molar-refractivity contribution in [3.05, 3.63) is 33.4 Å². The molecule has 1 aromatic rings. The fourth-order valence-corrected chi connectivity index (χ4v) is 1.40. The van der Waals surface area contributed by atoms with Crippen LogP contribution in [0.15, 0.2) is 12.1 Å². The van der Waals surface area contributed by atoms with Crippen molar-refractivity contribution in [2.75, 3.05) is 0 Å². The molecule has 17 heavy (non-hydrogen) atoms. The van der Waals surface area contributed by atoms with Crippen LogP contribution < -0.4 is 4.74 Å². The Balaban J connectivity index is 3.41. The first-order valence-corrected chi connectivity index (χ1v) is 4.58. The second kappa shape index (κ2) is 4.86. The third kappa shape index (κ3) is 2.74. The number of nitro benzene ring substituents is 1. The van der Waals surface area contributed by atoms with Gasteiger partial charge in [0, 0.05) is 6.07 Å². The molecule has 0 spiro atoms. The number of nitro groups is 1. The molecule has 0 aliphatic carbocycles. The summed E-state index contributed by atoms with van der Waals surface area (Å²) in [6, 6.07) is 2.19. The highest BCUT2D eigenvalue weighted by Crippen LogP contribution is 2.32. The van der Waals surface area contributed by atoms with Crippen molar-refractivity contribution in [3.63, 3.8) is 0 Å². The molecular formula is C10H9F2NO4. The molecule has 0 bridgehead atoms. The predicted molar refractivity (Wildman–Crippen MR) is 54.5 cm³/mol. The Bertz CT molecular complexity index is 474. The van der Waals surface area contributed by atoms with Gasteiger partial charge in [-0.25, -0.2) is 0 Å². The zero-order chi connectivity index (χ0) is 13.2. The number of ketones is 1. The maximum atomic E-state index is 12.2. The second-order valence-corrected chi connectivity index (χ2v) is 3.28. The van der Waals surface area contributed by atoms with Crippen molar-refractivity contribution in [3.8, 4) is 5.75 Å². The van der Waals surface area contributed by atoms with Crippen LogP contribution in [0.2, 0.25) is 0 Å². The number of nitrogens with zero attached hydrogens (tertiary/aromatic N) is 1. The van der Waals surface area contributed by atoms with Crippen LogP contribution in [0.3, 0.4) is 0 Å². The van der Waals surface area contributed by atoms with Crippen molar-refractivity contribution in [1.29, 1.82) is 0 Å². The standard InChI is InChI=1S/C10H9F2NO4/c1-5-8(13(15)16)4-3-7(6(2)14)9(5)17-10(11)12/h3-4,10H,1-2H3. The minimum Gasteiger partial charge on any atom is -0.434 e. The molecule has 5 nitrogen and oxygen atoms in total. The summed E-state index contributed by atoms with van der Waals surface area (Å²) in [5, 5.41) is 10.6. The maximum absolute atomic E-state index is 12.2. The fourth-order valence-electron chi connectivity index (χ4n) is 1.40. The first-order chi connectivity index (χ1) is 7.84. The largest absolute Gasteiger partial charge is 0.434 e. The molecule has 0 fully saturated rings. The summed E-state index contributed by atoms with van der Waals surface area (Å²) in [7, 11) is 0. The summed E-state index contributed by atoms with van der Waals surface area (Å²) in [6.45, 7) is -0.727. The minimum atomic E-state index is -3.14. The first-order valence-electron chi connectivity index (χ1n) is 4.58. The van der Waals surface area contributed by atoms with Gasteiger partial charge in [0.25, 0.3) is 5.69 Å². The maximum Gasteiger partial charge on any atom is 0.387 e. The molecule has 0 amide bonds. The van der Waals surface area contributed by atoms with Crippen LogP contribution in [0.4, 0.5) is 14.5 Å². The zero-order valence-corrected chi connectivity index (χ0v) is 9.07. The molecule has 1 aromatic carbocycles. The summed E-state index contributed by atoms with van der Waals surface area (Å²) < 4.78 is 28.5. The summed E-state index contributed by atoms with van der Waals surface area (Å²) >= 11 is 0. The molecule has 0 unspecified atom stereocenters. The Morgan fingerprint density at radius 3 is 2.47 bits per heavy atom. The number of hydrogen-bond donors (Lipinski definition) is 0. The Kier molecular flexibility index (Phi) is 3.72. The van der Waals surface area contributed by atoms with E-state index >= 15 is 0 Å². The third-order valence-electron chi connectivity index (χ3n) is 2.16. The number of ether oxygens (including phenoxy) is 1. The molecule has 0 N–H and O–H groups in total. The van der Waals surface area contributed by atoms with E-state index < -0.39 is 23.1 Å². The lowest BCUT2D eigenvalue weighted by atomic mass is 10.1. The smallest absolute Gasteiger partial charge is 0.387 e. The van der Waals surface area contributed by atoms with Gasteiger partial charge in [0.1, 0.15) is 5.75 Å². The Morgan fingerprint density at radius 2 is 2.06 bits per heavy atom. The van der Waals surface area contributed by atoms with E-state index in [1.165, 1.54) is 13.8 Å². The summed E-state index contributed by atoms with van der Waals surface area (Å²) in [5.41, 5.74) is -0.568. The molecule has 1 rings (SSSR count). The van der Waals surface area contributed by atoms with Crippen molar-refractivity contribution in [2.45, 2.75) is 20.5 Å². The SMILES string of the molecule is CC(=O)c1ccc([N+](=O)[O-])c(C)c1OC(F)F. The molecule has 0 saturated carbocycles. The number of Topliss-reactive ketones (excluding diaryl/α,β-unsaturated/α-hetero) is 1. The van der Waals surface area contributed by atoms with Crippen LogP contribution in [0, 0.1) is 17.0 Å². The van der Waals surface area contributed by atoms with Crippen molar-refractivity contribution in [1.82, 2.24) is 0 Å². The number of carbonyl (C=O) groups is 1. The van der Waals surface area contributed by atoms with Gasteiger partial charge < -0.3 is 4.74 Å². The van der Waals surface area contributed by atoms with Gasteiger partial charge in [-0.15, -0.1) is 0 Å². The van der Waals surface area contributed by atoms with E-state index in [1.54, 1.807) is 0 Å². The molecule has 0 saturated heterocycles. The number of carbonyl (C=O) groups excluding carboxylic acids is 1. The quantitative estimate of drug-likeness (QED) is 0.464. The minimum absolute atomic E-state index is 0.0944. The van der Waals surface area contributed by atoms with Crippen molar-refractivity contribution >= 4 is 11.5 Å². The van der Waals surface area contributed by atoms with Gasteiger partial charge in [0.05, 0.1) is 16.1 Å². The number of hydrogen-bond acceptors (Lipinski definition) is 4. The molecule has 0 heterocycles. The van der Waals surface area contributed by atoms with Crippen LogP contribution in [0.1, 0.15) is 22.8 Å². The third-order valence-corrected chi connectivity index (χ3v) is 2.16. The van der Waals surface area contributed by atoms with Crippen molar-refractivity contribution < 1.29 is 23.2 Å². The normalized spacial score (nSPS) is 10.4. The molecule has 0 radical (unpaired) electrons. The first kappa shape index (κ1) is 13.0. The van der Waals surface area contributed by atoms with Crippen LogP contribution in [0.25, 0.3) is 0 Å². The van der Waals surface area contributed by atoms with E-state index in [2.05, 4.69) is 4.74 Å². The zero-order valence-electron chi connectivity index (χ0n) is 9.07. The summed E-state index contributed by atoms with van der Waals surface area (Å²) in [4.78, 5) is 21.1. The van der Waals surface area contributed by atoms with Crippen molar-refractivity contribution in [2.24, 2.45) is 0 Å². The summed E-state index contributed by atoms with van der Waals surface area (Å²) in [5.74, 6) is -0.944. The molecule has 7 heteroatoms. The van der Waals surface area contributed by atoms with Crippen LogP contribution in [-0.4, -0.2) is 17.3 Å². The van der Waals surface area contributed by atoms with E-state index in [9.17, 15) is 23.7 Å². The van der Waals surface area contributed by atoms with Crippen LogP contribution in [-0.2, 0) is 0 Å². The lowest BCUT2D eigenvalue weighted by Gasteiger charge is -2.11.